The quantitative estimate of drug-likeness (QED) is 0.744. The van der Waals surface area contributed by atoms with Crippen LogP contribution in [0.15, 0.2) is 0 Å². The molecule has 1 atom stereocenters. The second-order valence-electron chi connectivity index (χ2n) is 4.70. The fourth-order valence-corrected chi connectivity index (χ4v) is 3.61. The van der Waals surface area contributed by atoms with E-state index in [1.165, 1.54) is 6.42 Å². The van der Waals surface area contributed by atoms with Gasteiger partial charge in [-0.15, -0.1) is 0 Å². The third-order valence-corrected chi connectivity index (χ3v) is 4.71. The lowest BCUT2D eigenvalue weighted by atomic mass is 9.91. The fraction of sp³-hybridized carbons (Fsp3) is 1.00. The number of rotatable bonds is 6. The van der Waals surface area contributed by atoms with Crippen molar-refractivity contribution in [3.05, 3.63) is 0 Å². The van der Waals surface area contributed by atoms with Crippen LogP contribution in [0, 0.1) is 5.92 Å². The second-order valence-corrected chi connectivity index (χ2v) is 6.55. The molecule has 4 nitrogen and oxygen atoms in total. The van der Waals surface area contributed by atoms with Crippen molar-refractivity contribution in [3.8, 4) is 0 Å². The summed E-state index contributed by atoms with van der Waals surface area (Å²) < 4.78 is 25.9. The zero-order valence-corrected chi connectivity index (χ0v) is 10.8. The first-order chi connectivity index (χ1) is 7.53. The molecule has 0 aliphatic heterocycles. The lowest BCUT2D eigenvalue weighted by molar-refractivity contribution is 0.174. The Labute approximate surface area is 98.5 Å². The number of aliphatic hydroxyl groups is 1. The molecule has 0 bridgehead atoms. The van der Waals surface area contributed by atoms with Gasteiger partial charge in [-0.05, 0) is 25.2 Å². The lowest BCUT2D eigenvalue weighted by Gasteiger charge is -2.21. The monoisotopic (exact) mass is 249 g/mol. The summed E-state index contributed by atoms with van der Waals surface area (Å²) in [7, 11) is -3.20. The van der Waals surface area contributed by atoms with Crippen LogP contribution in [0.5, 0.6) is 0 Å². The summed E-state index contributed by atoms with van der Waals surface area (Å²) in [5, 5.41) is 9.30. The molecule has 1 aliphatic rings. The minimum atomic E-state index is -3.20. The molecule has 0 aromatic heterocycles. The van der Waals surface area contributed by atoms with Crippen molar-refractivity contribution in [2.45, 2.75) is 51.6 Å². The Morgan fingerprint density at radius 3 is 2.50 bits per heavy atom. The molecule has 16 heavy (non-hydrogen) atoms. The highest BCUT2D eigenvalue weighted by Gasteiger charge is 2.21. The van der Waals surface area contributed by atoms with E-state index in [4.69, 9.17) is 0 Å². The van der Waals surface area contributed by atoms with Gasteiger partial charge in [-0.2, -0.15) is 0 Å². The lowest BCUT2D eigenvalue weighted by Crippen LogP contribution is -2.35. The van der Waals surface area contributed by atoms with Gasteiger partial charge in [-0.25, -0.2) is 13.1 Å². The third-order valence-electron chi connectivity index (χ3n) is 3.19. The maximum absolute atomic E-state index is 11.7. The minimum Gasteiger partial charge on any atom is -0.392 e. The van der Waals surface area contributed by atoms with Crippen LogP contribution in [0.3, 0.4) is 0 Å². The molecule has 0 saturated heterocycles. The van der Waals surface area contributed by atoms with E-state index in [-0.39, 0.29) is 12.3 Å². The number of sulfonamides is 1. The molecule has 0 radical (unpaired) electrons. The van der Waals surface area contributed by atoms with Crippen LogP contribution in [-0.4, -0.2) is 31.9 Å². The first kappa shape index (κ1) is 13.9. The summed E-state index contributed by atoms with van der Waals surface area (Å²) in [6, 6.07) is 0. The number of hydrogen-bond acceptors (Lipinski definition) is 3. The highest BCUT2D eigenvalue weighted by Crippen LogP contribution is 2.24. The number of hydrogen-bond donors (Lipinski definition) is 2. The van der Waals surface area contributed by atoms with Crippen molar-refractivity contribution in [1.29, 1.82) is 0 Å². The molecule has 0 aromatic carbocycles. The van der Waals surface area contributed by atoms with Crippen LogP contribution >= 0.6 is 0 Å². The van der Waals surface area contributed by atoms with E-state index in [2.05, 4.69) is 4.72 Å². The minimum absolute atomic E-state index is 0.144. The summed E-state index contributed by atoms with van der Waals surface area (Å²) >= 11 is 0. The van der Waals surface area contributed by atoms with Crippen molar-refractivity contribution in [2.24, 2.45) is 5.92 Å². The van der Waals surface area contributed by atoms with Gasteiger partial charge in [0.05, 0.1) is 11.9 Å². The van der Waals surface area contributed by atoms with Crippen molar-refractivity contribution in [3.63, 3.8) is 0 Å². The molecule has 1 aliphatic carbocycles. The summed E-state index contributed by atoms with van der Waals surface area (Å²) in [6.45, 7) is 1.98. The van der Waals surface area contributed by atoms with Gasteiger partial charge in [0.15, 0.2) is 0 Å². The van der Waals surface area contributed by atoms with Gasteiger partial charge < -0.3 is 5.11 Å². The molecular formula is C11H23NO3S. The largest absolute Gasteiger partial charge is 0.392 e. The Bertz CT molecular complexity index is 284. The maximum Gasteiger partial charge on any atom is 0.211 e. The Kier molecular flexibility index (Phi) is 5.72. The molecule has 0 heterocycles. The normalized spacial score (nSPS) is 20.9. The summed E-state index contributed by atoms with van der Waals surface area (Å²) in [6.07, 6.45) is 5.59. The van der Waals surface area contributed by atoms with E-state index in [0.717, 1.165) is 25.7 Å². The van der Waals surface area contributed by atoms with E-state index in [0.29, 0.717) is 12.3 Å². The van der Waals surface area contributed by atoms with Crippen LogP contribution in [0.2, 0.25) is 0 Å². The van der Waals surface area contributed by atoms with Crippen LogP contribution in [0.4, 0.5) is 0 Å². The molecule has 0 aromatic rings. The molecule has 5 heteroatoms. The topological polar surface area (TPSA) is 66.4 Å². The van der Waals surface area contributed by atoms with Crippen LogP contribution in [0.25, 0.3) is 0 Å². The highest BCUT2D eigenvalue weighted by molar-refractivity contribution is 7.89. The Balaban J connectivity index is 2.32. The molecule has 1 fully saturated rings. The zero-order valence-electron chi connectivity index (χ0n) is 9.98. The van der Waals surface area contributed by atoms with Gasteiger partial charge in [-0.1, -0.05) is 26.2 Å². The predicted octanol–water partition coefficient (Wildman–Crippen LogP) is 1.26. The third kappa shape index (κ3) is 5.27. The van der Waals surface area contributed by atoms with Crippen LogP contribution < -0.4 is 4.72 Å². The molecule has 1 saturated carbocycles. The fourth-order valence-electron chi connectivity index (χ4n) is 2.09. The van der Waals surface area contributed by atoms with Gasteiger partial charge in [0, 0.05) is 6.54 Å². The standard InChI is InChI=1S/C11H23NO3S/c1-2-11(13)8-12-16(14,15)9-10-6-4-3-5-7-10/h10-13H,2-9H2,1H3. The van der Waals surface area contributed by atoms with Gasteiger partial charge in [0.25, 0.3) is 0 Å². The summed E-state index contributed by atoms with van der Waals surface area (Å²) in [5.74, 6) is 0.536. The van der Waals surface area contributed by atoms with Crippen LogP contribution in [-0.2, 0) is 10.0 Å². The van der Waals surface area contributed by atoms with Crippen molar-refractivity contribution in [2.75, 3.05) is 12.3 Å². The molecular weight excluding hydrogens is 226 g/mol. The zero-order chi connectivity index (χ0) is 12.0. The molecule has 2 N–H and O–H groups in total. The molecule has 1 unspecified atom stereocenters. The van der Waals surface area contributed by atoms with E-state index < -0.39 is 16.1 Å². The SMILES string of the molecule is CCC(O)CNS(=O)(=O)CC1CCCCC1. The predicted molar refractivity (Wildman–Crippen MR) is 64.7 cm³/mol. The average molecular weight is 249 g/mol. The Morgan fingerprint density at radius 2 is 1.94 bits per heavy atom. The first-order valence-electron chi connectivity index (χ1n) is 6.19. The average Bonchev–Trinajstić information content (AvgIpc) is 2.27. The van der Waals surface area contributed by atoms with Gasteiger partial charge in [-0.3, -0.25) is 0 Å². The Morgan fingerprint density at radius 1 is 1.31 bits per heavy atom. The number of aliphatic hydroxyl groups excluding tert-OH is 1. The van der Waals surface area contributed by atoms with Crippen LogP contribution in [0.1, 0.15) is 45.4 Å². The van der Waals surface area contributed by atoms with Gasteiger partial charge >= 0.3 is 0 Å². The molecule has 0 amide bonds. The van der Waals surface area contributed by atoms with E-state index in [9.17, 15) is 13.5 Å². The molecule has 1 rings (SSSR count). The van der Waals surface area contributed by atoms with Crippen molar-refractivity contribution in [1.82, 2.24) is 4.72 Å². The summed E-state index contributed by atoms with van der Waals surface area (Å²) in [5.41, 5.74) is 0. The molecule has 96 valence electrons. The Hall–Kier alpha value is -0.130. The first-order valence-corrected chi connectivity index (χ1v) is 7.84. The maximum atomic E-state index is 11.7. The number of nitrogens with one attached hydrogen (secondary N) is 1. The van der Waals surface area contributed by atoms with Crippen molar-refractivity contribution < 1.29 is 13.5 Å². The highest BCUT2D eigenvalue weighted by atomic mass is 32.2. The van der Waals surface area contributed by atoms with Crippen molar-refractivity contribution >= 4 is 10.0 Å². The smallest absolute Gasteiger partial charge is 0.211 e. The van der Waals surface area contributed by atoms with E-state index >= 15 is 0 Å². The van der Waals surface area contributed by atoms with Gasteiger partial charge in [0.2, 0.25) is 10.0 Å². The molecule has 0 spiro atoms. The van der Waals surface area contributed by atoms with E-state index in [1.54, 1.807) is 0 Å². The second kappa shape index (κ2) is 6.57. The summed E-state index contributed by atoms with van der Waals surface area (Å²) in [4.78, 5) is 0. The van der Waals surface area contributed by atoms with E-state index in [1.807, 2.05) is 6.92 Å². The van der Waals surface area contributed by atoms with Gasteiger partial charge in [0.1, 0.15) is 0 Å².